The molecule has 2 N–H and O–H groups in total. The summed E-state index contributed by atoms with van der Waals surface area (Å²) in [5.74, 6) is 0.0144. The number of hydrogen-bond acceptors (Lipinski definition) is 6. The Morgan fingerprint density at radius 2 is 0.898 bits per heavy atom. The Morgan fingerprint density at radius 1 is 0.531 bits per heavy atom. The van der Waals surface area contributed by atoms with Crippen LogP contribution in [0.4, 0.5) is 0 Å². The van der Waals surface area contributed by atoms with Crippen molar-refractivity contribution < 1.29 is 37.9 Å². The minimum absolute atomic E-state index is 0.219. The monoisotopic (exact) mass is 719 g/mol. The number of carbonyl (C=O) groups excluding carboxylic acids is 2. The van der Waals surface area contributed by atoms with Gasteiger partial charge in [-0.2, -0.15) is 0 Å². The molecule has 1 unspecified atom stereocenters. The van der Waals surface area contributed by atoms with E-state index in [-0.39, 0.29) is 19.4 Å². The summed E-state index contributed by atoms with van der Waals surface area (Å²) in [5, 5.41) is 0. The van der Waals surface area contributed by atoms with Gasteiger partial charge in [0.25, 0.3) is 0 Å². The lowest BCUT2D eigenvalue weighted by Crippen LogP contribution is -2.29. The van der Waals surface area contributed by atoms with Gasteiger partial charge in [0.05, 0.1) is 6.61 Å². The Kier molecular flexibility index (Phi) is 34.8. The predicted molar refractivity (Wildman–Crippen MR) is 202 cm³/mol. The lowest BCUT2D eigenvalue weighted by Gasteiger charge is -2.18. The van der Waals surface area contributed by atoms with Gasteiger partial charge in [-0.3, -0.25) is 14.1 Å². The zero-order valence-electron chi connectivity index (χ0n) is 32.3. The summed E-state index contributed by atoms with van der Waals surface area (Å²) in [7, 11) is -4.74. The first-order valence-electron chi connectivity index (χ1n) is 20.7. The van der Waals surface area contributed by atoms with Gasteiger partial charge in [-0.05, 0) is 18.8 Å². The lowest BCUT2D eigenvalue weighted by atomic mass is 9.99. The molecule has 0 aliphatic carbocycles. The van der Waals surface area contributed by atoms with E-state index in [1.54, 1.807) is 0 Å². The summed E-state index contributed by atoms with van der Waals surface area (Å²) in [4.78, 5) is 42.8. The van der Waals surface area contributed by atoms with Crippen LogP contribution in [0, 0.1) is 5.92 Å². The number of rotatable bonds is 38. The largest absolute Gasteiger partial charge is 0.469 e. The molecule has 292 valence electrons. The van der Waals surface area contributed by atoms with E-state index >= 15 is 0 Å². The van der Waals surface area contributed by atoms with E-state index in [4.69, 9.17) is 19.3 Å². The molecule has 0 aromatic carbocycles. The Bertz CT molecular complexity index is 786. The van der Waals surface area contributed by atoms with E-state index in [0.717, 1.165) is 38.0 Å². The number of unbranched alkanes of at least 4 members (excludes halogenated alkanes) is 25. The van der Waals surface area contributed by atoms with Crippen molar-refractivity contribution in [3.63, 3.8) is 0 Å². The fraction of sp³-hybridized carbons (Fsp3) is 0.950. The minimum atomic E-state index is -4.74. The summed E-state index contributed by atoms with van der Waals surface area (Å²) in [6.45, 7) is 6.08. The van der Waals surface area contributed by atoms with Crippen molar-refractivity contribution in [3.8, 4) is 0 Å². The molecule has 0 fully saturated rings. The van der Waals surface area contributed by atoms with Gasteiger partial charge in [0, 0.05) is 12.8 Å². The van der Waals surface area contributed by atoms with Crippen LogP contribution in [-0.2, 0) is 28.2 Å². The molecule has 0 heterocycles. The Hall–Kier alpha value is -0.950. The van der Waals surface area contributed by atoms with Crippen LogP contribution in [0.2, 0.25) is 0 Å². The van der Waals surface area contributed by atoms with E-state index in [0.29, 0.717) is 6.42 Å². The molecule has 0 aliphatic heterocycles. The summed E-state index contributed by atoms with van der Waals surface area (Å²) in [6.07, 6.45) is 35.3. The summed E-state index contributed by atoms with van der Waals surface area (Å²) >= 11 is 0. The van der Waals surface area contributed by atoms with Crippen LogP contribution in [0.3, 0.4) is 0 Å². The molecule has 0 spiro atoms. The Morgan fingerprint density at radius 3 is 1.29 bits per heavy atom. The normalized spacial score (nSPS) is 13.0. The second kappa shape index (κ2) is 35.5. The maximum Gasteiger partial charge on any atom is 0.469 e. The van der Waals surface area contributed by atoms with Gasteiger partial charge in [-0.25, -0.2) is 4.57 Å². The third kappa shape index (κ3) is 38.1. The van der Waals surface area contributed by atoms with E-state index in [1.165, 1.54) is 148 Å². The molecule has 8 nitrogen and oxygen atoms in total. The summed E-state index contributed by atoms with van der Waals surface area (Å²) in [6, 6.07) is 0. The third-order valence-electron chi connectivity index (χ3n) is 9.67. The predicted octanol–water partition coefficient (Wildman–Crippen LogP) is 12.3. The molecule has 2 atom stereocenters. The van der Waals surface area contributed by atoms with Crippen molar-refractivity contribution >= 4 is 19.8 Å². The second-order valence-electron chi connectivity index (χ2n) is 14.6. The van der Waals surface area contributed by atoms with Crippen molar-refractivity contribution in [3.05, 3.63) is 0 Å². The molecular formula is C40H79O8P. The van der Waals surface area contributed by atoms with Crippen molar-refractivity contribution in [2.24, 2.45) is 5.92 Å². The molecular weight excluding hydrogens is 639 g/mol. The number of ether oxygens (including phenoxy) is 2. The van der Waals surface area contributed by atoms with E-state index in [2.05, 4.69) is 25.3 Å². The summed E-state index contributed by atoms with van der Waals surface area (Å²) in [5.41, 5.74) is 0. The van der Waals surface area contributed by atoms with Crippen molar-refractivity contribution in [2.75, 3.05) is 13.2 Å². The molecule has 0 aliphatic rings. The molecule has 0 aromatic rings. The average Bonchev–Trinajstić information content (AvgIpc) is 3.07. The highest BCUT2D eigenvalue weighted by molar-refractivity contribution is 7.46. The van der Waals surface area contributed by atoms with Gasteiger partial charge in [-0.15, -0.1) is 0 Å². The first-order valence-corrected chi connectivity index (χ1v) is 22.3. The van der Waals surface area contributed by atoms with Gasteiger partial charge in [0.2, 0.25) is 0 Å². The number of carbonyl (C=O) groups is 2. The molecule has 9 heteroatoms. The molecule has 0 amide bonds. The van der Waals surface area contributed by atoms with Gasteiger partial charge in [-0.1, -0.05) is 194 Å². The zero-order chi connectivity index (χ0) is 36.3. The quantitative estimate of drug-likeness (QED) is 0.0368. The highest BCUT2D eigenvalue weighted by atomic mass is 31.2. The molecule has 0 radical (unpaired) electrons. The van der Waals surface area contributed by atoms with Crippen molar-refractivity contribution in [1.82, 2.24) is 0 Å². The van der Waals surface area contributed by atoms with Crippen LogP contribution >= 0.6 is 7.82 Å². The Balaban J connectivity index is 3.86. The van der Waals surface area contributed by atoms with Crippen LogP contribution in [0.15, 0.2) is 0 Å². The van der Waals surface area contributed by atoms with Crippen LogP contribution in [0.1, 0.15) is 220 Å². The third-order valence-corrected chi connectivity index (χ3v) is 10.2. The van der Waals surface area contributed by atoms with Crippen LogP contribution in [0.5, 0.6) is 0 Å². The summed E-state index contributed by atoms with van der Waals surface area (Å²) < 4.78 is 26.4. The zero-order valence-corrected chi connectivity index (χ0v) is 33.2. The maximum absolute atomic E-state index is 12.4. The van der Waals surface area contributed by atoms with Gasteiger partial charge in [0.1, 0.15) is 6.61 Å². The molecule has 0 saturated heterocycles. The topological polar surface area (TPSA) is 119 Å². The van der Waals surface area contributed by atoms with Crippen molar-refractivity contribution in [1.29, 1.82) is 0 Å². The second-order valence-corrected chi connectivity index (χ2v) is 15.8. The molecule has 0 bridgehead atoms. The lowest BCUT2D eigenvalue weighted by molar-refractivity contribution is -0.161. The highest BCUT2D eigenvalue weighted by Gasteiger charge is 2.23. The van der Waals surface area contributed by atoms with E-state index in [1.807, 2.05) is 0 Å². The van der Waals surface area contributed by atoms with Crippen LogP contribution in [0.25, 0.3) is 0 Å². The molecule has 49 heavy (non-hydrogen) atoms. The molecule has 0 aromatic heterocycles. The van der Waals surface area contributed by atoms with Gasteiger partial charge in [0.15, 0.2) is 6.10 Å². The van der Waals surface area contributed by atoms with Gasteiger partial charge < -0.3 is 19.3 Å². The number of phosphoric acid groups is 1. The standard InChI is InChI=1S/C40H79O8P/c1-4-6-7-8-9-10-11-14-19-22-25-28-31-34-40(42)48-38(36-47-49(43,44)45)35-46-39(41)33-30-27-24-21-18-16-13-12-15-17-20-23-26-29-32-37(3)5-2/h37-38H,4-36H2,1-3H3,(H2,43,44,45)/t37?,38-/m1/s1. The average molecular weight is 719 g/mol. The van der Waals surface area contributed by atoms with Crippen LogP contribution in [-0.4, -0.2) is 41.0 Å². The minimum Gasteiger partial charge on any atom is -0.462 e. The fourth-order valence-corrected chi connectivity index (χ4v) is 6.53. The van der Waals surface area contributed by atoms with E-state index < -0.39 is 32.5 Å². The first kappa shape index (κ1) is 48.0. The fourth-order valence-electron chi connectivity index (χ4n) is 6.17. The number of hydrogen-bond donors (Lipinski definition) is 2. The number of phosphoric ester groups is 1. The first-order chi connectivity index (χ1) is 23.7. The maximum atomic E-state index is 12.4. The van der Waals surface area contributed by atoms with Crippen molar-refractivity contribution in [2.45, 2.75) is 226 Å². The Labute approximate surface area is 302 Å². The SMILES string of the molecule is CCCCCCCCCCCCCCCC(=O)O[C@H](COC(=O)CCCCCCCCCCCCCCCCC(C)CC)COP(=O)(O)O. The van der Waals surface area contributed by atoms with Gasteiger partial charge >= 0.3 is 19.8 Å². The number of esters is 2. The molecule has 0 saturated carbocycles. The van der Waals surface area contributed by atoms with Crippen LogP contribution < -0.4 is 0 Å². The highest BCUT2D eigenvalue weighted by Crippen LogP contribution is 2.36. The molecule has 0 rings (SSSR count). The smallest absolute Gasteiger partial charge is 0.462 e. The van der Waals surface area contributed by atoms with E-state index in [9.17, 15) is 14.2 Å².